The van der Waals surface area contributed by atoms with E-state index >= 15 is 0 Å². The van der Waals surface area contributed by atoms with Crippen LogP contribution in [0.2, 0.25) is 5.02 Å². The van der Waals surface area contributed by atoms with Crippen molar-refractivity contribution in [3.05, 3.63) is 147 Å². The molecule has 8 rings (SSSR count). The minimum absolute atomic E-state index is 0.00946. The maximum atomic E-state index is 13.7. The quantitative estimate of drug-likeness (QED) is 0.0532. The molecule has 5 aromatic rings. The number of hydrogen-bond donors (Lipinski definition) is 4. The first-order valence-electron chi connectivity index (χ1n) is 23.5. The van der Waals surface area contributed by atoms with Crippen molar-refractivity contribution in [3.63, 3.8) is 0 Å². The smallest absolute Gasteiger partial charge is 0.264 e. The minimum atomic E-state index is -1.16. The lowest BCUT2D eigenvalue weighted by Gasteiger charge is -2.35. The second kappa shape index (κ2) is 22.7. The van der Waals surface area contributed by atoms with Gasteiger partial charge in [-0.25, -0.2) is 0 Å². The zero-order valence-corrected chi connectivity index (χ0v) is 39.8. The van der Waals surface area contributed by atoms with E-state index in [-0.39, 0.29) is 74.7 Å². The van der Waals surface area contributed by atoms with E-state index in [0.29, 0.717) is 41.6 Å². The van der Waals surface area contributed by atoms with E-state index in [1.165, 1.54) is 18.2 Å². The van der Waals surface area contributed by atoms with Gasteiger partial charge in [0.15, 0.2) is 0 Å². The van der Waals surface area contributed by atoms with Crippen LogP contribution >= 0.6 is 11.6 Å². The predicted octanol–water partition coefficient (Wildman–Crippen LogP) is 6.75. The van der Waals surface area contributed by atoms with Crippen LogP contribution in [0.5, 0.6) is 11.5 Å². The number of carbonyl (C=O) groups is 7. The lowest BCUT2D eigenvalue weighted by atomic mass is 9.97. The van der Waals surface area contributed by atoms with Crippen molar-refractivity contribution in [2.75, 3.05) is 25.0 Å². The fraction of sp³-hybridized carbons (Fsp3) is 0.296. The third-order valence-electron chi connectivity index (χ3n) is 12.8. The number of benzene rings is 5. The summed E-state index contributed by atoms with van der Waals surface area (Å²) in [5.74, 6) is -2.97. The number of carbonyl (C=O) groups excluding carboxylic acids is 7. The fourth-order valence-corrected chi connectivity index (χ4v) is 9.35. The molecular formula is C54H52ClN7O9. The van der Waals surface area contributed by atoms with Crippen LogP contribution in [-0.4, -0.2) is 82.9 Å². The Kier molecular flexibility index (Phi) is 15.8. The number of halogens is 1. The largest absolute Gasteiger partial charge is 0.488 e. The molecule has 0 spiro atoms. The summed E-state index contributed by atoms with van der Waals surface area (Å²) in [6, 6.07) is 31.9. The summed E-state index contributed by atoms with van der Waals surface area (Å²) >= 11 is 6.95. The highest BCUT2D eigenvalue weighted by Gasteiger charge is 2.45. The molecule has 7 amide bonds. The minimum Gasteiger partial charge on any atom is -0.488 e. The summed E-state index contributed by atoms with van der Waals surface area (Å²) in [7, 11) is 0. The Morgan fingerprint density at radius 2 is 1.52 bits per heavy atom. The van der Waals surface area contributed by atoms with Crippen molar-refractivity contribution >= 4 is 58.6 Å². The standard InChI is InChI=1S/C54H52ClN7O9/c1-33-37(14-8-15-39(33)36-12-3-2-4-13-36)32-71-46-28-45(70-31-35-11-7-10-34(26-35)29-56)38(27-41(46)55)30-61-25-6-5-18-43(61)51(66)58-24-23-57-47(63)21-22-48(64)59-42-17-9-16-40-50(42)54(69)62(53(40)68)44-19-20-49(65)60-52(44)67/h2-4,7-17,26-28,43-44H,5-6,18-25,30-32H2,1H3,(H,57,63)(H,58,66)(H,59,64)(H,60,65,67). The van der Waals surface area contributed by atoms with E-state index < -0.39 is 47.5 Å². The van der Waals surface area contributed by atoms with Gasteiger partial charge in [0, 0.05) is 50.5 Å². The van der Waals surface area contributed by atoms with Crippen LogP contribution in [0.1, 0.15) is 93.5 Å². The molecule has 2 fully saturated rings. The average Bonchev–Trinajstić information content (AvgIpc) is 3.63. The number of amides is 7. The Balaban J connectivity index is 0.853. The van der Waals surface area contributed by atoms with Crippen LogP contribution in [0, 0.1) is 18.3 Å². The topological polar surface area (TPSA) is 216 Å². The normalized spacial score (nSPS) is 16.7. The number of nitrogens with one attached hydrogen (secondary N) is 4. The number of nitrogens with zero attached hydrogens (tertiary/aromatic N) is 3. The maximum absolute atomic E-state index is 13.7. The van der Waals surface area contributed by atoms with Gasteiger partial charge in [0.1, 0.15) is 30.8 Å². The van der Waals surface area contributed by atoms with Crippen LogP contribution in [-0.2, 0) is 43.7 Å². The number of anilines is 1. The van der Waals surface area contributed by atoms with Crippen LogP contribution < -0.4 is 30.7 Å². The molecule has 0 bridgehead atoms. The zero-order valence-electron chi connectivity index (χ0n) is 39.1. The molecule has 0 aliphatic carbocycles. The highest BCUT2D eigenvalue weighted by Crippen LogP contribution is 2.37. The molecule has 71 heavy (non-hydrogen) atoms. The zero-order chi connectivity index (χ0) is 50.0. The molecule has 2 unspecified atom stereocenters. The van der Waals surface area contributed by atoms with Crippen LogP contribution in [0.15, 0.2) is 103 Å². The second-order valence-electron chi connectivity index (χ2n) is 17.6. The highest BCUT2D eigenvalue weighted by molar-refractivity contribution is 6.32. The summed E-state index contributed by atoms with van der Waals surface area (Å²) in [4.78, 5) is 93.1. The van der Waals surface area contributed by atoms with Crippen molar-refractivity contribution in [1.82, 2.24) is 25.8 Å². The number of nitriles is 1. The summed E-state index contributed by atoms with van der Waals surface area (Å²) in [6.45, 7) is 3.74. The summed E-state index contributed by atoms with van der Waals surface area (Å²) < 4.78 is 12.8. The van der Waals surface area contributed by atoms with E-state index in [4.69, 9.17) is 21.1 Å². The van der Waals surface area contributed by atoms with Gasteiger partial charge in [0.25, 0.3) is 11.8 Å². The van der Waals surface area contributed by atoms with Crippen LogP contribution in [0.4, 0.5) is 5.69 Å². The van der Waals surface area contributed by atoms with E-state index in [1.54, 1.807) is 24.3 Å². The molecule has 2 atom stereocenters. The summed E-state index contributed by atoms with van der Waals surface area (Å²) in [5.41, 5.74) is 6.39. The van der Waals surface area contributed by atoms with Gasteiger partial charge in [-0.1, -0.05) is 84.8 Å². The molecule has 0 saturated carbocycles. The summed E-state index contributed by atoms with van der Waals surface area (Å²) in [6.07, 6.45) is 1.86. The number of ether oxygens (including phenoxy) is 2. The van der Waals surface area contributed by atoms with Gasteiger partial charge in [-0.2, -0.15) is 5.26 Å². The van der Waals surface area contributed by atoms with Crippen LogP contribution in [0.3, 0.4) is 0 Å². The van der Waals surface area contributed by atoms with Gasteiger partial charge in [-0.3, -0.25) is 48.7 Å². The molecule has 0 aromatic heterocycles. The Hall–Kier alpha value is -7.87. The number of likely N-dealkylation sites (tertiary alicyclic amines) is 1. The molecule has 17 heteroatoms. The Labute approximate surface area is 415 Å². The SMILES string of the molecule is Cc1c(COc2cc(OCc3cccc(C#N)c3)c(CN3CCCCC3C(=O)NCCNC(=O)CCC(=O)Nc3cccc4c3C(=O)N(C3CCC(=O)NC3=O)C4=O)cc2Cl)cccc1-c1ccccc1. The van der Waals surface area contributed by atoms with Gasteiger partial charge in [-0.05, 0) is 90.9 Å². The molecule has 0 radical (unpaired) electrons. The van der Waals surface area contributed by atoms with Gasteiger partial charge < -0.3 is 25.4 Å². The molecule has 3 heterocycles. The van der Waals surface area contributed by atoms with Gasteiger partial charge in [-0.15, -0.1) is 0 Å². The van der Waals surface area contributed by atoms with Gasteiger partial charge >= 0.3 is 0 Å². The fourth-order valence-electron chi connectivity index (χ4n) is 9.11. The lowest BCUT2D eigenvalue weighted by molar-refractivity contribution is -0.136. The molecule has 3 aliphatic rings. The Bertz CT molecular complexity index is 2940. The maximum Gasteiger partial charge on any atom is 0.264 e. The first-order chi connectivity index (χ1) is 34.4. The highest BCUT2D eigenvalue weighted by atomic mass is 35.5. The number of hydrogen-bond acceptors (Lipinski definition) is 11. The van der Waals surface area contributed by atoms with Crippen molar-refractivity contribution in [2.24, 2.45) is 0 Å². The van der Waals surface area contributed by atoms with Crippen LogP contribution in [0.25, 0.3) is 11.1 Å². The van der Waals surface area contributed by atoms with Crippen molar-refractivity contribution in [3.8, 4) is 28.7 Å². The Morgan fingerprint density at radius 3 is 2.32 bits per heavy atom. The molecule has 4 N–H and O–H groups in total. The average molecular weight is 979 g/mol. The molecule has 5 aromatic carbocycles. The van der Waals surface area contributed by atoms with Gasteiger partial charge in [0.2, 0.25) is 29.5 Å². The first-order valence-corrected chi connectivity index (χ1v) is 23.9. The van der Waals surface area contributed by atoms with Gasteiger partial charge in [0.05, 0.1) is 39.5 Å². The number of fused-ring (bicyclic) bond motifs is 1. The molecular weight excluding hydrogens is 926 g/mol. The molecule has 2 saturated heterocycles. The first kappa shape index (κ1) is 49.5. The third kappa shape index (κ3) is 11.8. The molecule has 16 nitrogen and oxygen atoms in total. The number of imide groups is 2. The van der Waals surface area contributed by atoms with Crippen molar-refractivity contribution < 1.29 is 43.0 Å². The molecule has 364 valence electrons. The number of rotatable bonds is 18. The van der Waals surface area contributed by atoms with E-state index in [1.807, 2.05) is 42.5 Å². The van der Waals surface area contributed by atoms with E-state index in [2.05, 4.69) is 57.4 Å². The number of piperidine rings is 2. The second-order valence-corrected chi connectivity index (χ2v) is 18.0. The molecule has 3 aliphatic heterocycles. The Morgan fingerprint density at radius 1 is 0.775 bits per heavy atom. The third-order valence-corrected chi connectivity index (χ3v) is 13.1. The van der Waals surface area contributed by atoms with E-state index in [9.17, 15) is 38.8 Å². The lowest BCUT2D eigenvalue weighted by Crippen LogP contribution is -2.54. The predicted molar refractivity (Wildman–Crippen MR) is 263 cm³/mol. The monoisotopic (exact) mass is 977 g/mol. The van der Waals surface area contributed by atoms with Crippen molar-refractivity contribution in [2.45, 2.75) is 83.7 Å². The van der Waals surface area contributed by atoms with Crippen molar-refractivity contribution in [1.29, 1.82) is 5.26 Å². The van der Waals surface area contributed by atoms with E-state index in [0.717, 1.165) is 51.1 Å². The summed E-state index contributed by atoms with van der Waals surface area (Å²) in [5, 5.41) is 20.3.